The number of amides is 1. The van der Waals surface area contributed by atoms with Crippen molar-refractivity contribution >= 4 is 11.6 Å². The van der Waals surface area contributed by atoms with Crippen molar-refractivity contribution in [2.75, 3.05) is 33.1 Å². The van der Waals surface area contributed by atoms with Gasteiger partial charge in [0.1, 0.15) is 5.75 Å². The number of carbonyl (C=O) groups excluding carboxylic acids is 1. The van der Waals surface area contributed by atoms with Crippen molar-refractivity contribution in [2.24, 2.45) is 0 Å². The van der Waals surface area contributed by atoms with Crippen LogP contribution >= 0.6 is 0 Å². The van der Waals surface area contributed by atoms with Gasteiger partial charge in [0.2, 0.25) is 0 Å². The normalized spacial score (nSPS) is 9.88. The van der Waals surface area contributed by atoms with Crippen LogP contribution in [0.15, 0.2) is 18.2 Å². The maximum atomic E-state index is 11.6. The fourth-order valence-corrected chi connectivity index (χ4v) is 1.24. The van der Waals surface area contributed by atoms with Crippen LogP contribution in [0.2, 0.25) is 0 Å². The quantitative estimate of drug-likeness (QED) is 0.569. The Kier molecular flexibility index (Phi) is 4.60. The molecule has 0 heterocycles. The number of hydrogen-bond donors (Lipinski definition) is 2. The van der Waals surface area contributed by atoms with Gasteiger partial charge in [-0.25, -0.2) is 0 Å². The van der Waals surface area contributed by atoms with Crippen molar-refractivity contribution in [1.29, 1.82) is 0 Å². The molecule has 0 bridgehead atoms. The Morgan fingerprint density at radius 1 is 1.44 bits per heavy atom. The molecule has 0 aliphatic carbocycles. The summed E-state index contributed by atoms with van der Waals surface area (Å²) in [4.78, 5) is 11.6. The van der Waals surface area contributed by atoms with Crippen molar-refractivity contribution in [1.82, 2.24) is 5.32 Å². The second kappa shape index (κ2) is 5.97. The Morgan fingerprint density at radius 3 is 2.75 bits per heavy atom. The van der Waals surface area contributed by atoms with E-state index >= 15 is 0 Å². The van der Waals surface area contributed by atoms with Crippen molar-refractivity contribution < 1.29 is 14.3 Å². The molecule has 88 valence electrons. The van der Waals surface area contributed by atoms with E-state index in [0.717, 1.165) is 0 Å². The van der Waals surface area contributed by atoms with Gasteiger partial charge in [-0.3, -0.25) is 4.79 Å². The number of nitrogens with one attached hydrogen (secondary N) is 1. The topological polar surface area (TPSA) is 73.6 Å². The maximum Gasteiger partial charge on any atom is 0.251 e. The Morgan fingerprint density at radius 2 is 2.19 bits per heavy atom. The summed E-state index contributed by atoms with van der Waals surface area (Å²) in [5.41, 5.74) is 6.65. The molecule has 1 amide bonds. The second-order valence-electron chi connectivity index (χ2n) is 3.21. The third-order valence-corrected chi connectivity index (χ3v) is 2.08. The first kappa shape index (κ1) is 12.3. The van der Waals surface area contributed by atoms with E-state index in [1.54, 1.807) is 25.3 Å². The Bertz CT molecular complexity index is 366. The van der Waals surface area contributed by atoms with E-state index in [4.69, 9.17) is 15.2 Å². The number of carbonyl (C=O) groups is 1. The third kappa shape index (κ3) is 3.13. The summed E-state index contributed by atoms with van der Waals surface area (Å²) < 4.78 is 9.83. The summed E-state index contributed by atoms with van der Waals surface area (Å²) in [6.45, 7) is 0.957. The van der Waals surface area contributed by atoms with Gasteiger partial charge < -0.3 is 20.5 Å². The molecule has 1 aromatic carbocycles. The number of anilines is 1. The second-order valence-corrected chi connectivity index (χ2v) is 3.21. The van der Waals surface area contributed by atoms with Crippen LogP contribution in [-0.4, -0.2) is 33.3 Å². The lowest BCUT2D eigenvalue weighted by atomic mass is 10.2. The molecule has 3 N–H and O–H groups in total. The Labute approximate surface area is 94.5 Å². The molecule has 0 radical (unpaired) electrons. The highest BCUT2D eigenvalue weighted by Gasteiger charge is 2.07. The zero-order valence-corrected chi connectivity index (χ0v) is 9.45. The molecular weight excluding hydrogens is 208 g/mol. The van der Waals surface area contributed by atoms with Crippen LogP contribution in [0.3, 0.4) is 0 Å². The van der Waals surface area contributed by atoms with Crippen molar-refractivity contribution in [3.05, 3.63) is 23.8 Å². The minimum Gasteiger partial charge on any atom is -0.495 e. The molecular formula is C11H16N2O3. The van der Waals surface area contributed by atoms with Gasteiger partial charge in [0.15, 0.2) is 0 Å². The minimum atomic E-state index is -0.175. The number of rotatable bonds is 5. The minimum absolute atomic E-state index is 0.175. The molecule has 0 aromatic heterocycles. The molecule has 0 saturated heterocycles. The summed E-state index contributed by atoms with van der Waals surface area (Å²) in [5, 5.41) is 2.70. The number of benzene rings is 1. The van der Waals surface area contributed by atoms with E-state index in [9.17, 15) is 4.79 Å². The standard InChI is InChI=1S/C11H16N2O3/c1-15-6-5-13-11(14)8-3-4-10(16-2)9(12)7-8/h3-4,7H,5-6,12H2,1-2H3,(H,13,14). The highest BCUT2D eigenvalue weighted by atomic mass is 16.5. The fraction of sp³-hybridized carbons (Fsp3) is 0.364. The number of nitrogens with two attached hydrogens (primary N) is 1. The number of ether oxygens (including phenoxy) is 2. The van der Waals surface area contributed by atoms with Gasteiger partial charge in [-0.05, 0) is 18.2 Å². The smallest absolute Gasteiger partial charge is 0.251 e. The molecule has 0 spiro atoms. The zero-order chi connectivity index (χ0) is 12.0. The van der Waals surface area contributed by atoms with Crippen LogP contribution in [0.5, 0.6) is 5.75 Å². The maximum absolute atomic E-state index is 11.6. The predicted octanol–water partition coefficient (Wildman–Crippen LogP) is 0.654. The van der Waals surface area contributed by atoms with E-state index in [2.05, 4.69) is 5.32 Å². The largest absolute Gasteiger partial charge is 0.495 e. The Balaban J connectivity index is 2.66. The van der Waals surface area contributed by atoms with Gasteiger partial charge >= 0.3 is 0 Å². The summed E-state index contributed by atoms with van der Waals surface area (Å²) in [6, 6.07) is 4.92. The van der Waals surface area contributed by atoms with E-state index in [1.807, 2.05) is 0 Å². The van der Waals surface area contributed by atoms with Gasteiger partial charge in [-0.1, -0.05) is 0 Å². The van der Waals surface area contributed by atoms with Gasteiger partial charge in [-0.2, -0.15) is 0 Å². The highest BCUT2D eigenvalue weighted by molar-refractivity contribution is 5.95. The van der Waals surface area contributed by atoms with Crippen LogP contribution in [0.1, 0.15) is 10.4 Å². The SMILES string of the molecule is COCCNC(=O)c1ccc(OC)c(N)c1. The van der Waals surface area contributed by atoms with E-state index in [0.29, 0.717) is 30.2 Å². The fourth-order valence-electron chi connectivity index (χ4n) is 1.24. The summed E-state index contributed by atoms with van der Waals surface area (Å²) >= 11 is 0. The molecule has 5 nitrogen and oxygen atoms in total. The summed E-state index contributed by atoms with van der Waals surface area (Å²) in [7, 11) is 3.11. The molecule has 0 unspecified atom stereocenters. The predicted molar refractivity (Wildman–Crippen MR) is 61.6 cm³/mol. The average Bonchev–Trinajstić information content (AvgIpc) is 2.29. The van der Waals surface area contributed by atoms with E-state index in [1.165, 1.54) is 7.11 Å². The highest BCUT2D eigenvalue weighted by Crippen LogP contribution is 2.21. The Hall–Kier alpha value is -1.75. The molecule has 5 heteroatoms. The lowest BCUT2D eigenvalue weighted by Crippen LogP contribution is -2.26. The first-order valence-corrected chi connectivity index (χ1v) is 4.89. The molecule has 16 heavy (non-hydrogen) atoms. The number of methoxy groups -OCH3 is 2. The summed E-state index contributed by atoms with van der Waals surface area (Å²) in [6.07, 6.45) is 0. The van der Waals surface area contributed by atoms with Gasteiger partial charge in [0, 0.05) is 19.2 Å². The van der Waals surface area contributed by atoms with E-state index in [-0.39, 0.29) is 5.91 Å². The monoisotopic (exact) mass is 224 g/mol. The van der Waals surface area contributed by atoms with Crippen LogP contribution in [0.4, 0.5) is 5.69 Å². The van der Waals surface area contributed by atoms with Crippen LogP contribution < -0.4 is 15.8 Å². The van der Waals surface area contributed by atoms with Gasteiger partial charge in [0.05, 0.1) is 19.4 Å². The molecule has 0 fully saturated rings. The third-order valence-electron chi connectivity index (χ3n) is 2.08. The van der Waals surface area contributed by atoms with Crippen LogP contribution in [0, 0.1) is 0 Å². The molecule has 1 aromatic rings. The lowest BCUT2D eigenvalue weighted by molar-refractivity contribution is 0.0937. The lowest BCUT2D eigenvalue weighted by Gasteiger charge is -2.07. The molecule has 0 aliphatic heterocycles. The van der Waals surface area contributed by atoms with Gasteiger partial charge in [-0.15, -0.1) is 0 Å². The van der Waals surface area contributed by atoms with Crippen LogP contribution in [-0.2, 0) is 4.74 Å². The number of nitrogen functional groups attached to an aromatic ring is 1. The van der Waals surface area contributed by atoms with Gasteiger partial charge in [0.25, 0.3) is 5.91 Å². The first-order chi connectivity index (χ1) is 7.69. The summed E-state index contributed by atoms with van der Waals surface area (Å²) in [5.74, 6) is 0.389. The molecule has 1 rings (SSSR count). The molecule has 0 atom stereocenters. The van der Waals surface area contributed by atoms with Crippen molar-refractivity contribution in [2.45, 2.75) is 0 Å². The average molecular weight is 224 g/mol. The molecule has 0 aliphatic rings. The number of hydrogen-bond acceptors (Lipinski definition) is 4. The van der Waals surface area contributed by atoms with Crippen LogP contribution in [0.25, 0.3) is 0 Å². The van der Waals surface area contributed by atoms with Crippen molar-refractivity contribution in [3.8, 4) is 5.75 Å². The zero-order valence-electron chi connectivity index (χ0n) is 9.45. The first-order valence-electron chi connectivity index (χ1n) is 4.89. The van der Waals surface area contributed by atoms with E-state index < -0.39 is 0 Å². The van der Waals surface area contributed by atoms with Crippen molar-refractivity contribution in [3.63, 3.8) is 0 Å². The molecule has 0 saturated carbocycles.